The SMILES string of the molecule is CCNCC1CCCC1Cc1c(Cl)c(C)nn1C. The molecule has 1 aliphatic rings. The summed E-state index contributed by atoms with van der Waals surface area (Å²) in [7, 11) is 2.00. The molecule has 2 atom stereocenters. The molecule has 2 unspecified atom stereocenters. The molecule has 1 heterocycles. The average molecular weight is 270 g/mol. The number of nitrogens with zero attached hydrogens (tertiary/aromatic N) is 2. The summed E-state index contributed by atoms with van der Waals surface area (Å²) in [5.74, 6) is 1.56. The fourth-order valence-electron chi connectivity index (χ4n) is 3.13. The highest BCUT2D eigenvalue weighted by Crippen LogP contribution is 2.35. The lowest BCUT2D eigenvalue weighted by atomic mass is 9.91. The van der Waals surface area contributed by atoms with Crippen LogP contribution in [0.15, 0.2) is 0 Å². The molecule has 0 bridgehead atoms. The summed E-state index contributed by atoms with van der Waals surface area (Å²) in [5, 5.41) is 8.76. The third-order valence-electron chi connectivity index (χ3n) is 4.19. The van der Waals surface area contributed by atoms with Gasteiger partial charge in [0.2, 0.25) is 0 Å². The van der Waals surface area contributed by atoms with Crippen LogP contribution in [0.1, 0.15) is 37.6 Å². The minimum atomic E-state index is 0.761. The number of aryl methyl sites for hydroxylation is 2. The Morgan fingerprint density at radius 2 is 2.11 bits per heavy atom. The molecular formula is C14H24ClN3. The van der Waals surface area contributed by atoms with Crippen LogP contribution < -0.4 is 5.32 Å². The first kappa shape index (κ1) is 13.9. The maximum absolute atomic E-state index is 6.35. The fourth-order valence-corrected chi connectivity index (χ4v) is 3.37. The van der Waals surface area contributed by atoms with Crippen molar-refractivity contribution in [3.63, 3.8) is 0 Å². The van der Waals surface area contributed by atoms with E-state index in [2.05, 4.69) is 17.3 Å². The molecule has 0 aliphatic heterocycles. The van der Waals surface area contributed by atoms with E-state index in [1.54, 1.807) is 0 Å². The first-order valence-corrected chi connectivity index (χ1v) is 7.40. The second-order valence-corrected chi connectivity index (χ2v) is 5.81. The maximum atomic E-state index is 6.35. The molecule has 102 valence electrons. The van der Waals surface area contributed by atoms with Gasteiger partial charge in [0.15, 0.2) is 0 Å². The van der Waals surface area contributed by atoms with E-state index in [1.807, 2.05) is 18.7 Å². The molecule has 1 aromatic heterocycles. The van der Waals surface area contributed by atoms with Crippen LogP contribution >= 0.6 is 11.6 Å². The van der Waals surface area contributed by atoms with Crippen molar-refractivity contribution in [2.75, 3.05) is 13.1 Å². The smallest absolute Gasteiger partial charge is 0.0847 e. The van der Waals surface area contributed by atoms with Crippen LogP contribution in [0.5, 0.6) is 0 Å². The standard InChI is InChI=1S/C14H24ClN3/c1-4-16-9-12-7-5-6-11(12)8-13-14(15)10(2)17-18(13)3/h11-12,16H,4-9H2,1-3H3. The molecule has 4 heteroatoms. The van der Waals surface area contributed by atoms with Crippen LogP contribution in [0.2, 0.25) is 5.02 Å². The van der Waals surface area contributed by atoms with Crippen LogP contribution in [0, 0.1) is 18.8 Å². The highest BCUT2D eigenvalue weighted by atomic mass is 35.5. The van der Waals surface area contributed by atoms with Crippen LogP contribution in [0.4, 0.5) is 0 Å². The van der Waals surface area contributed by atoms with Crippen molar-refractivity contribution < 1.29 is 0 Å². The minimum absolute atomic E-state index is 0.761. The molecule has 0 aromatic carbocycles. The van der Waals surface area contributed by atoms with E-state index in [1.165, 1.54) is 25.0 Å². The molecular weight excluding hydrogens is 246 g/mol. The number of rotatable bonds is 5. The van der Waals surface area contributed by atoms with Gasteiger partial charge >= 0.3 is 0 Å². The van der Waals surface area contributed by atoms with Crippen molar-refractivity contribution in [1.82, 2.24) is 15.1 Å². The molecule has 1 aliphatic carbocycles. The first-order valence-electron chi connectivity index (χ1n) is 7.02. The normalized spacial score (nSPS) is 23.8. The van der Waals surface area contributed by atoms with Gasteiger partial charge < -0.3 is 5.32 Å². The largest absolute Gasteiger partial charge is 0.317 e. The minimum Gasteiger partial charge on any atom is -0.317 e. The second-order valence-electron chi connectivity index (χ2n) is 5.43. The van der Waals surface area contributed by atoms with Gasteiger partial charge in [-0.2, -0.15) is 5.10 Å². The molecule has 0 radical (unpaired) electrons. The van der Waals surface area contributed by atoms with Crippen molar-refractivity contribution in [2.24, 2.45) is 18.9 Å². The number of aromatic nitrogens is 2. The van der Waals surface area contributed by atoms with Gasteiger partial charge in [-0.25, -0.2) is 0 Å². The molecule has 1 fully saturated rings. The third kappa shape index (κ3) is 2.89. The molecule has 0 spiro atoms. The van der Waals surface area contributed by atoms with Gasteiger partial charge in [0, 0.05) is 7.05 Å². The molecule has 0 saturated heterocycles. The van der Waals surface area contributed by atoms with Gasteiger partial charge in [0.1, 0.15) is 0 Å². The predicted molar refractivity (Wildman–Crippen MR) is 76.0 cm³/mol. The van der Waals surface area contributed by atoms with E-state index in [-0.39, 0.29) is 0 Å². The van der Waals surface area contributed by atoms with Gasteiger partial charge in [-0.05, 0) is 51.1 Å². The zero-order valence-electron chi connectivity index (χ0n) is 11.7. The fraction of sp³-hybridized carbons (Fsp3) is 0.786. The Morgan fingerprint density at radius 3 is 2.72 bits per heavy atom. The zero-order valence-corrected chi connectivity index (χ0v) is 12.4. The monoisotopic (exact) mass is 269 g/mol. The summed E-state index contributed by atoms with van der Waals surface area (Å²) >= 11 is 6.35. The third-order valence-corrected chi connectivity index (χ3v) is 4.68. The molecule has 1 aromatic rings. The van der Waals surface area contributed by atoms with Gasteiger partial charge in [0.05, 0.1) is 16.4 Å². The Morgan fingerprint density at radius 1 is 1.39 bits per heavy atom. The van der Waals surface area contributed by atoms with Crippen LogP contribution in [0.25, 0.3) is 0 Å². The lowest BCUT2D eigenvalue weighted by Crippen LogP contribution is -2.26. The number of nitrogens with one attached hydrogen (secondary N) is 1. The number of hydrogen-bond donors (Lipinski definition) is 1. The summed E-state index contributed by atoms with van der Waals surface area (Å²) < 4.78 is 1.96. The van der Waals surface area contributed by atoms with E-state index in [0.717, 1.165) is 42.1 Å². The van der Waals surface area contributed by atoms with Crippen LogP contribution in [-0.2, 0) is 13.5 Å². The van der Waals surface area contributed by atoms with E-state index in [4.69, 9.17) is 11.6 Å². The highest BCUT2D eigenvalue weighted by Gasteiger charge is 2.28. The molecule has 18 heavy (non-hydrogen) atoms. The zero-order chi connectivity index (χ0) is 13.1. The summed E-state index contributed by atoms with van der Waals surface area (Å²) in [6.45, 7) is 6.37. The Bertz CT molecular complexity index is 400. The maximum Gasteiger partial charge on any atom is 0.0847 e. The van der Waals surface area contributed by atoms with Crippen molar-refractivity contribution in [1.29, 1.82) is 0 Å². The van der Waals surface area contributed by atoms with E-state index in [0.29, 0.717) is 0 Å². The van der Waals surface area contributed by atoms with E-state index >= 15 is 0 Å². The predicted octanol–water partition coefficient (Wildman–Crippen LogP) is 2.95. The molecule has 1 saturated carbocycles. The molecule has 1 N–H and O–H groups in total. The van der Waals surface area contributed by atoms with Gasteiger partial charge in [0.25, 0.3) is 0 Å². The summed E-state index contributed by atoms with van der Waals surface area (Å²) in [4.78, 5) is 0. The average Bonchev–Trinajstić information content (AvgIpc) is 2.87. The topological polar surface area (TPSA) is 29.9 Å². The van der Waals surface area contributed by atoms with Crippen molar-refractivity contribution in [3.8, 4) is 0 Å². The van der Waals surface area contributed by atoms with Crippen molar-refractivity contribution in [2.45, 2.75) is 39.5 Å². The van der Waals surface area contributed by atoms with Gasteiger partial charge in [-0.15, -0.1) is 0 Å². The Kier molecular flexibility index (Phi) is 4.68. The van der Waals surface area contributed by atoms with Crippen molar-refractivity contribution >= 4 is 11.6 Å². The van der Waals surface area contributed by atoms with Crippen LogP contribution in [0.3, 0.4) is 0 Å². The number of hydrogen-bond acceptors (Lipinski definition) is 2. The second kappa shape index (κ2) is 6.07. The Balaban J connectivity index is 2.03. The summed E-state index contributed by atoms with van der Waals surface area (Å²) in [6, 6.07) is 0. The molecule has 3 nitrogen and oxygen atoms in total. The van der Waals surface area contributed by atoms with Gasteiger partial charge in [-0.3, -0.25) is 4.68 Å². The molecule has 0 amide bonds. The van der Waals surface area contributed by atoms with Gasteiger partial charge in [-0.1, -0.05) is 24.9 Å². The van der Waals surface area contributed by atoms with E-state index < -0.39 is 0 Å². The Labute approximate surface area is 115 Å². The quantitative estimate of drug-likeness (QED) is 0.891. The van der Waals surface area contributed by atoms with E-state index in [9.17, 15) is 0 Å². The summed E-state index contributed by atoms with van der Waals surface area (Å²) in [5.41, 5.74) is 2.16. The van der Waals surface area contributed by atoms with Crippen LogP contribution in [-0.4, -0.2) is 22.9 Å². The summed E-state index contributed by atoms with van der Waals surface area (Å²) in [6.07, 6.45) is 5.12. The molecule has 2 rings (SSSR count). The number of halogens is 1. The highest BCUT2D eigenvalue weighted by molar-refractivity contribution is 6.31. The lowest BCUT2D eigenvalue weighted by molar-refractivity contribution is 0.362. The Hall–Kier alpha value is -0.540. The van der Waals surface area contributed by atoms with Crippen molar-refractivity contribution in [3.05, 3.63) is 16.4 Å². The lowest BCUT2D eigenvalue weighted by Gasteiger charge is -2.20. The first-order chi connectivity index (χ1) is 8.63.